The van der Waals surface area contributed by atoms with E-state index >= 15 is 0 Å². The van der Waals surface area contributed by atoms with Crippen molar-refractivity contribution in [2.24, 2.45) is 0 Å². The molecule has 180 valence electrons. The quantitative estimate of drug-likeness (QED) is 0.553. The van der Waals surface area contributed by atoms with Crippen LogP contribution in [0.25, 0.3) is 5.69 Å². The maximum atomic E-state index is 13.2. The molecule has 10 heteroatoms. The number of hydrogen-bond acceptors (Lipinski definition) is 6. The smallest absolute Gasteiger partial charge is 0.259 e. The van der Waals surface area contributed by atoms with Crippen molar-refractivity contribution in [3.05, 3.63) is 65.5 Å². The van der Waals surface area contributed by atoms with Crippen molar-refractivity contribution in [3.63, 3.8) is 0 Å². The molecule has 1 aliphatic heterocycles. The minimum Gasteiger partial charge on any atom is -0.495 e. The molecule has 2 heterocycles. The van der Waals surface area contributed by atoms with Crippen LogP contribution in [0.15, 0.2) is 53.6 Å². The fourth-order valence-corrected chi connectivity index (χ4v) is 5.48. The molecule has 0 bridgehead atoms. The van der Waals surface area contributed by atoms with E-state index in [1.54, 1.807) is 16.8 Å². The summed E-state index contributed by atoms with van der Waals surface area (Å²) < 4.78 is 40.1. The van der Waals surface area contributed by atoms with Gasteiger partial charge in [-0.05, 0) is 43.7 Å². The molecule has 34 heavy (non-hydrogen) atoms. The molecule has 1 aliphatic rings. The van der Waals surface area contributed by atoms with Crippen molar-refractivity contribution in [3.8, 4) is 11.4 Å². The zero-order valence-corrected chi connectivity index (χ0v) is 20.3. The van der Waals surface area contributed by atoms with Gasteiger partial charge in [-0.15, -0.1) is 0 Å². The topological polar surface area (TPSA) is 103 Å². The minimum atomic E-state index is -3.82. The summed E-state index contributed by atoms with van der Waals surface area (Å²) in [6, 6.07) is 12.5. The highest BCUT2D eigenvalue weighted by Crippen LogP contribution is 2.30. The highest BCUT2D eigenvalue weighted by atomic mass is 32.2. The SMILES string of the molecule is CCc1c(C(=O)Nc2ccc(OC)c(S(=O)(=O)N3CCOCC3)c2)cnn1-c1ccc(C)cc1. The Morgan fingerprint density at radius 1 is 1.15 bits per heavy atom. The maximum absolute atomic E-state index is 13.2. The first-order chi connectivity index (χ1) is 16.3. The number of sulfonamides is 1. The molecule has 0 aliphatic carbocycles. The summed E-state index contributed by atoms with van der Waals surface area (Å²) in [6.07, 6.45) is 2.12. The van der Waals surface area contributed by atoms with Gasteiger partial charge in [-0.25, -0.2) is 13.1 Å². The number of carbonyl (C=O) groups is 1. The summed E-state index contributed by atoms with van der Waals surface area (Å²) in [5.74, 6) is -0.152. The van der Waals surface area contributed by atoms with Crippen LogP contribution < -0.4 is 10.1 Å². The molecule has 3 aromatic rings. The van der Waals surface area contributed by atoms with Gasteiger partial charge >= 0.3 is 0 Å². The van der Waals surface area contributed by atoms with Gasteiger partial charge in [0.1, 0.15) is 10.6 Å². The predicted octanol–water partition coefficient (Wildman–Crippen LogP) is 3.02. The molecule has 1 amide bonds. The summed E-state index contributed by atoms with van der Waals surface area (Å²) in [5.41, 5.74) is 3.54. The van der Waals surface area contributed by atoms with Crippen LogP contribution >= 0.6 is 0 Å². The summed E-state index contributed by atoms with van der Waals surface area (Å²) in [5, 5.41) is 7.23. The van der Waals surface area contributed by atoms with Gasteiger partial charge in [0.15, 0.2) is 0 Å². The summed E-state index contributed by atoms with van der Waals surface area (Å²) in [7, 11) is -2.40. The number of ether oxygens (including phenoxy) is 2. The molecule has 0 unspecified atom stereocenters. The average Bonchev–Trinajstić information content (AvgIpc) is 3.29. The van der Waals surface area contributed by atoms with Crippen molar-refractivity contribution >= 4 is 21.6 Å². The standard InChI is InChI=1S/C24H28N4O5S/c1-4-21-20(16-25-28(21)19-8-5-17(2)6-9-19)24(29)26-18-7-10-22(32-3)23(15-18)34(30,31)27-11-13-33-14-12-27/h5-10,15-16H,4,11-14H2,1-3H3,(H,26,29). The van der Waals surface area contributed by atoms with E-state index in [9.17, 15) is 13.2 Å². The van der Waals surface area contributed by atoms with E-state index in [-0.39, 0.29) is 29.6 Å². The third-order valence-corrected chi connectivity index (χ3v) is 7.66. The molecule has 0 spiro atoms. The maximum Gasteiger partial charge on any atom is 0.259 e. The molecule has 4 rings (SSSR count). The Morgan fingerprint density at radius 3 is 2.50 bits per heavy atom. The molecular weight excluding hydrogens is 456 g/mol. The molecular formula is C24H28N4O5S. The largest absolute Gasteiger partial charge is 0.495 e. The molecule has 1 aromatic heterocycles. The Balaban J connectivity index is 1.63. The Kier molecular flexibility index (Phi) is 7.01. The molecule has 2 aromatic carbocycles. The lowest BCUT2D eigenvalue weighted by molar-refractivity contribution is 0.0729. The number of nitrogens with one attached hydrogen (secondary N) is 1. The number of benzene rings is 2. The number of rotatable bonds is 7. The van der Waals surface area contributed by atoms with Crippen LogP contribution in [0, 0.1) is 6.92 Å². The van der Waals surface area contributed by atoms with Gasteiger partial charge in [0, 0.05) is 18.8 Å². The van der Waals surface area contributed by atoms with Gasteiger partial charge in [0.05, 0.1) is 43.5 Å². The van der Waals surface area contributed by atoms with Gasteiger partial charge in [0.25, 0.3) is 5.91 Å². The number of hydrogen-bond donors (Lipinski definition) is 1. The lowest BCUT2D eigenvalue weighted by Gasteiger charge is -2.26. The van der Waals surface area contributed by atoms with Crippen LogP contribution in [-0.2, 0) is 21.2 Å². The lowest BCUT2D eigenvalue weighted by Crippen LogP contribution is -2.40. The molecule has 0 saturated carbocycles. The second kappa shape index (κ2) is 9.96. The first-order valence-corrected chi connectivity index (χ1v) is 12.5. The van der Waals surface area contributed by atoms with E-state index in [0.29, 0.717) is 30.9 Å². The first kappa shape index (κ1) is 23.9. The van der Waals surface area contributed by atoms with E-state index in [2.05, 4.69) is 10.4 Å². The van der Waals surface area contributed by atoms with Crippen LogP contribution in [0.2, 0.25) is 0 Å². The lowest BCUT2D eigenvalue weighted by atomic mass is 10.1. The number of morpholine rings is 1. The van der Waals surface area contributed by atoms with Crippen molar-refractivity contribution in [1.29, 1.82) is 0 Å². The van der Waals surface area contributed by atoms with Crippen LogP contribution in [0.3, 0.4) is 0 Å². The Morgan fingerprint density at radius 2 is 1.85 bits per heavy atom. The molecule has 0 radical (unpaired) electrons. The number of carbonyl (C=O) groups excluding carboxylic acids is 1. The van der Waals surface area contributed by atoms with Crippen LogP contribution in [-0.4, -0.2) is 61.8 Å². The second-order valence-electron chi connectivity index (χ2n) is 7.94. The number of aryl methyl sites for hydroxylation is 1. The molecule has 1 N–H and O–H groups in total. The number of nitrogens with zero attached hydrogens (tertiary/aromatic N) is 3. The number of anilines is 1. The predicted molar refractivity (Wildman–Crippen MR) is 128 cm³/mol. The van der Waals surface area contributed by atoms with Crippen LogP contribution in [0.1, 0.15) is 28.5 Å². The van der Waals surface area contributed by atoms with E-state index in [1.807, 2.05) is 38.1 Å². The summed E-state index contributed by atoms with van der Waals surface area (Å²) >= 11 is 0. The normalized spacial score (nSPS) is 14.7. The van der Waals surface area contributed by atoms with E-state index in [1.165, 1.54) is 23.7 Å². The Labute approximate surface area is 199 Å². The number of amides is 1. The van der Waals surface area contributed by atoms with Gasteiger partial charge < -0.3 is 14.8 Å². The van der Waals surface area contributed by atoms with Gasteiger partial charge in [-0.1, -0.05) is 24.6 Å². The Bertz CT molecular complexity index is 1280. The summed E-state index contributed by atoms with van der Waals surface area (Å²) in [4.78, 5) is 13.1. The van der Waals surface area contributed by atoms with E-state index in [0.717, 1.165) is 16.9 Å². The molecule has 9 nitrogen and oxygen atoms in total. The van der Waals surface area contributed by atoms with Gasteiger partial charge in [0.2, 0.25) is 10.0 Å². The van der Waals surface area contributed by atoms with Gasteiger partial charge in [-0.3, -0.25) is 4.79 Å². The highest BCUT2D eigenvalue weighted by Gasteiger charge is 2.30. The van der Waals surface area contributed by atoms with Crippen LogP contribution in [0.5, 0.6) is 5.75 Å². The second-order valence-corrected chi connectivity index (χ2v) is 9.85. The third-order valence-electron chi connectivity index (χ3n) is 5.74. The molecule has 0 atom stereocenters. The third kappa shape index (κ3) is 4.70. The molecule has 1 fully saturated rings. The van der Waals surface area contributed by atoms with Crippen molar-refractivity contribution in [2.75, 3.05) is 38.7 Å². The van der Waals surface area contributed by atoms with E-state index in [4.69, 9.17) is 9.47 Å². The van der Waals surface area contributed by atoms with E-state index < -0.39 is 10.0 Å². The Hall–Kier alpha value is -3.21. The summed E-state index contributed by atoms with van der Waals surface area (Å²) in [6.45, 7) is 5.17. The van der Waals surface area contributed by atoms with Crippen molar-refractivity contribution in [1.82, 2.24) is 14.1 Å². The zero-order chi connectivity index (χ0) is 24.3. The average molecular weight is 485 g/mol. The number of methoxy groups -OCH3 is 1. The molecule has 1 saturated heterocycles. The number of aromatic nitrogens is 2. The highest BCUT2D eigenvalue weighted by molar-refractivity contribution is 7.89. The van der Waals surface area contributed by atoms with Gasteiger partial charge in [-0.2, -0.15) is 9.40 Å². The fourth-order valence-electron chi connectivity index (χ4n) is 3.89. The van der Waals surface area contributed by atoms with Crippen molar-refractivity contribution < 1.29 is 22.7 Å². The van der Waals surface area contributed by atoms with Crippen LogP contribution in [0.4, 0.5) is 5.69 Å². The zero-order valence-electron chi connectivity index (χ0n) is 19.4. The monoisotopic (exact) mass is 484 g/mol. The fraction of sp³-hybridized carbons (Fsp3) is 0.333. The first-order valence-electron chi connectivity index (χ1n) is 11.1. The minimum absolute atomic E-state index is 0.000709. The van der Waals surface area contributed by atoms with Crippen molar-refractivity contribution in [2.45, 2.75) is 25.2 Å².